The summed E-state index contributed by atoms with van der Waals surface area (Å²) >= 11 is 0. The van der Waals surface area contributed by atoms with E-state index in [9.17, 15) is 4.79 Å². The summed E-state index contributed by atoms with van der Waals surface area (Å²) in [5.74, 6) is 0. The predicted molar refractivity (Wildman–Crippen MR) is 70.6 cm³/mol. The van der Waals surface area contributed by atoms with Crippen LogP contribution in [0.3, 0.4) is 0 Å². The number of aldehydes is 1. The van der Waals surface area contributed by atoms with Crippen LogP contribution in [0.2, 0.25) is 0 Å². The standard InChI is InChI=1S/C16H14O/c1-13(12-17)16(14-8-4-2-5-9-14)15-10-6-3-7-11-15/h2-12H,1H3/i1D3. The van der Waals surface area contributed by atoms with Crippen molar-refractivity contribution >= 4 is 11.9 Å². The van der Waals surface area contributed by atoms with Crippen molar-refractivity contribution in [2.24, 2.45) is 0 Å². The van der Waals surface area contributed by atoms with E-state index in [2.05, 4.69) is 0 Å². The molecule has 0 aliphatic rings. The highest BCUT2D eigenvalue weighted by molar-refractivity contribution is 5.94. The number of hydrogen-bond acceptors (Lipinski definition) is 1. The van der Waals surface area contributed by atoms with E-state index in [0.717, 1.165) is 11.1 Å². The second kappa shape index (κ2) is 5.26. The van der Waals surface area contributed by atoms with Crippen LogP contribution >= 0.6 is 0 Å². The van der Waals surface area contributed by atoms with Gasteiger partial charge in [-0.25, -0.2) is 0 Å². The smallest absolute Gasteiger partial charge is 0.146 e. The normalized spacial score (nSPS) is 13.1. The van der Waals surface area contributed by atoms with Crippen molar-refractivity contribution in [1.29, 1.82) is 0 Å². The molecule has 0 radical (unpaired) electrons. The van der Waals surface area contributed by atoms with E-state index < -0.39 is 6.85 Å². The van der Waals surface area contributed by atoms with Crippen molar-refractivity contribution in [2.45, 2.75) is 6.85 Å². The Hall–Kier alpha value is -2.15. The summed E-state index contributed by atoms with van der Waals surface area (Å²) < 4.78 is 22.7. The summed E-state index contributed by atoms with van der Waals surface area (Å²) in [5, 5.41) is 0. The van der Waals surface area contributed by atoms with Crippen LogP contribution in [0.25, 0.3) is 5.57 Å². The summed E-state index contributed by atoms with van der Waals surface area (Å²) in [6.45, 7) is -2.44. The van der Waals surface area contributed by atoms with Crippen LogP contribution < -0.4 is 0 Å². The number of carbonyl (C=O) groups is 1. The maximum absolute atomic E-state index is 11.3. The van der Waals surface area contributed by atoms with Gasteiger partial charge in [0.05, 0.1) is 0 Å². The Morgan fingerprint density at radius 3 is 1.76 bits per heavy atom. The van der Waals surface area contributed by atoms with Gasteiger partial charge >= 0.3 is 0 Å². The number of allylic oxidation sites excluding steroid dienone is 1. The Morgan fingerprint density at radius 1 is 0.941 bits per heavy atom. The van der Waals surface area contributed by atoms with Crippen molar-refractivity contribution in [1.82, 2.24) is 0 Å². The Labute approximate surface area is 106 Å². The highest BCUT2D eigenvalue weighted by Gasteiger charge is 2.07. The van der Waals surface area contributed by atoms with Gasteiger partial charge < -0.3 is 0 Å². The van der Waals surface area contributed by atoms with E-state index in [-0.39, 0.29) is 5.57 Å². The third-order valence-electron chi connectivity index (χ3n) is 2.51. The summed E-state index contributed by atoms with van der Waals surface area (Å²) in [5.41, 5.74) is 1.73. The van der Waals surface area contributed by atoms with Crippen molar-refractivity contribution in [3.05, 3.63) is 77.4 Å². The van der Waals surface area contributed by atoms with E-state index >= 15 is 0 Å². The minimum Gasteiger partial charge on any atom is -0.298 e. The molecule has 84 valence electrons. The maximum atomic E-state index is 11.3. The molecule has 0 bridgehead atoms. The minimum absolute atomic E-state index is 0.171. The fourth-order valence-electron chi connectivity index (χ4n) is 1.75. The molecule has 1 nitrogen and oxygen atoms in total. The molecule has 0 fully saturated rings. The Kier molecular flexibility index (Phi) is 2.48. The summed E-state index contributed by atoms with van der Waals surface area (Å²) in [7, 11) is 0. The van der Waals surface area contributed by atoms with E-state index in [4.69, 9.17) is 4.11 Å². The highest BCUT2D eigenvalue weighted by Crippen LogP contribution is 2.25. The van der Waals surface area contributed by atoms with E-state index in [1.54, 1.807) is 24.3 Å². The first-order valence-electron chi connectivity index (χ1n) is 6.85. The monoisotopic (exact) mass is 225 g/mol. The van der Waals surface area contributed by atoms with Crippen molar-refractivity contribution in [3.63, 3.8) is 0 Å². The molecule has 0 saturated carbocycles. The average Bonchev–Trinajstić information content (AvgIpc) is 2.45. The fraction of sp³-hybridized carbons (Fsp3) is 0.0625. The van der Waals surface area contributed by atoms with Crippen molar-refractivity contribution in [2.75, 3.05) is 0 Å². The molecule has 0 atom stereocenters. The molecule has 0 N–H and O–H groups in total. The zero-order chi connectivity index (χ0) is 14.6. The van der Waals surface area contributed by atoms with Gasteiger partial charge in [0.2, 0.25) is 0 Å². The molecule has 2 rings (SSSR count). The molecule has 0 spiro atoms. The molecule has 0 aromatic heterocycles. The number of rotatable bonds is 3. The third kappa shape index (κ3) is 2.51. The van der Waals surface area contributed by atoms with Crippen LogP contribution in [0.15, 0.2) is 66.2 Å². The second-order valence-electron chi connectivity index (χ2n) is 3.64. The molecule has 2 aromatic rings. The average molecular weight is 225 g/mol. The van der Waals surface area contributed by atoms with Gasteiger partial charge in [0.15, 0.2) is 0 Å². The molecule has 2 aromatic carbocycles. The van der Waals surface area contributed by atoms with Crippen LogP contribution in [0.4, 0.5) is 0 Å². The highest BCUT2D eigenvalue weighted by atomic mass is 16.1. The molecule has 0 amide bonds. The SMILES string of the molecule is [2H]C([2H])([2H])C(C=O)=C(c1ccccc1)c1ccccc1. The fourth-order valence-corrected chi connectivity index (χ4v) is 1.75. The number of benzene rings is 2. The zero-order valence-corrected chi connectivity index (χ0v) is 9.26. The van der Waals surface area contributed by atoms with Crippen molar-refractivity contribution in [3.8, 4) is 0 Å². The van der Waals surface area contributed by atoms with Gasteiger partial charge in [-0.05, 0) is 29.1 Å². The Balaban J connectivity index is 2.74. The summed E-state index contributed by atoms with van der Waals surface area (Å²) in [6.07, 6.45) is 0.433. The van der Waals surface area contributed by atoms with Crippen LogP contribution in [0, 0.1) is 0 Å². The van der Waals surface area contributed by atoms with Gasteiger partial charge in [-0.3, -0.25) is 4.79 Å². The van der Waals surface area contributed by atoms with E-state index in [1.807, 2.05) is 36.4 Å². The lowest BCUT2D eigenvalue weighted by molar-refractivity contribution is -0.104. The molecular formula is C16H14O. The lowest BCUT2D eigenvalue weighted by Gasteiger charge is -2.09. The Bertz CT molecular complexity index is 572. The quantitative estimate of drug-likeness (QED) is 0.575. The van der Waals surface area contributed by atoms with Crippen LogP contribution in [0.1, 0.15) is 22.1 Å². The number of carbonyl (C=O) groups excluding carboxylic acids is 1. The van der Waals surface area contributed by atoms with Crippen molar-refractivity contribution < 1.29 is 8.91 Å². The van der Waals surface area contributed by atoms with Gasteiger partial charge in [0.25, 0.3) is 0 Å². The molecular weight excluding hydrogens is 208 g/mol. The first-order valence-corrected chi connectivity index (χ1v) is 5.35. The summed E-state index contributed by atoms with van der Waals surface area (Å²) in [4.78, 5) is 11.3. The van der Waals surface area contributed by atoms with Crippen LogP contribution in [0.5, 0.6) is 0 Å². The van der Waals surface area contributed by atoms with Gasteiger partial charge in [0, 0.05) is 4.11 Å². The van der Waals surface area contributed by atoms with Crippen LogP contribution in [-0.4, -0.2) is 6.29 Å². The Morgan fingerprint density at radius 2 is 1.41 bits per heavy atom. The molecule has 0 heterocycles. The van der Waals surface area contributed by atoms with Crippen LogP contribution in [-0.2, 0) is 4.79 Å². The van der Waals surface area contributed by atoms with Gasteiger partial charge in [0.1, 0.15) is 6.29 Å². The molecule has 17 heavy (non-hydrogen) atoms. The lowest BCUT2D eigenvalue weighted by Crippen LogP contribution is -1.92. The molecule has 0 saturated heterocycles. The van der Waals surface area contributed by atoms with Gasteiger partial charge in [-0.1, -0.05) is 60.7 Å². The molecule has 1 heteroatoms. The topological polar surface area (TPSA) is 17.1 Å². The minimum atomic E-state index is -2.44. The first-order chi connectivity index (χ1) is 9.54. The molecule has 0 aliphatic heterocycles. The van der Waals surface area contributed by atoms with E-state index in [0.29, 0.717) is 11.9 Å². The predicted octanol–water partition coefficient (Wildman–Crippen LogP) is 3.71. The zero-order valence-electron chi connectivity index (χ0n) is 12.3. The lowest BCUT2D eigenvalue weighted by atomic mass is 9.94. The maximum Gasteiger partial charge on any atom is 0.146 e. The molecule has 0 unspecified atom stereocenters. The van der Waals surface area contributed by atoms with E-state index in [1.165, 1.54) is 0 Å². The number of hydrogen-bond donors (Lipinski definition) is 0. The largest absolute Gasteiger partial charge is 0.298 e. The first kappa shape index (κ1) is 8.02. The molecule has 0 aliphatic carbocycles. The second-order valence-corrected chi connectivity index (χ2v) is 3.64. The third-order valence-corrected chi connectivity index (χ3v) is 2.51. The van der Waals surface area contributed by atoms with Gasteiger partial charge in [-0.2, -0.15) is 0 Å². The summed E-state index contributed by atoms with van der Waals surface area (Å²) in [6, 6.07) is 18.2. The van der Waals surface area contributed by atoms with Gasteiger partial charge in [-0.15, -0.1) is 0 Å².